The number of amides is 1. The number of aromatic nitrogens is 3. The van der Waals surface area contributed by atoms with Crippen LogP contribution in [0.5, 0.6) is 0 Å². The van der Waals surface area contributed by atoms with Crippen LogP contribution in [0.3, 0.4) is 0 Å². The van der Waals surface area contributed by atoms with Gasteiger partial charge in [0.2, 0.25) is 0 Å². The van der Waals surface area contributed by atoms with E-state index in [9.17, 15) is 9.59 Å². The maximum Gasteiger partial charge on any atom is 0.267 e. The Morgan fingerprint density at radius 1 is 1.44 bits per heavy atom. The minimum atomic E-state index is -0.410. The summed E-state index contributed by atoms with van der Waals surface area (Å²) in [5, 5.41) is 11.6. The molecule has 0 unspecified atom stereocenters. The lowest BCUT2D eigenvalue weighted by Crippen LogP contribution is -2.36. The van der Waals surface area contributed by atoms with Crippen molar-refractivity contribution >= 4 is 22.6 Å². The molecule has 0 fully saturated rings. The predicted octanol–water partition coefficient (Wildman–Crippen LogP) is 2.32. The van der Waals surface area contributed by atoms with Crippen molar-refractivity contribution < 1.29 is 4.79 Å². The van der Waals surface area contributed by atoms with Crippen molar-refractivity contribution in [3.8, 4) is 0 Å². The van der Waals surface area contributed by atoms with Crippen LogP contribution in [0.2, 0.25) is 0 Å². The van der Waals surface area contributed by atoms with E-state index in [0.29, 0.717) is 16.7 Å². The molecule has 3 rings (SSSR count). The average Bonchev–Trinajstić information content (AvgIpc) is 2.66. The first-order valence-electron chi connectivity index (χ1n) is 8.91. The molecular formula is C20H23N5O2. The van der Waals surface area contributed by atoms with Gasteiger partial charge in [-0.15, -0.1) is 6.58 Å². The second-order valence-corrected chi connectivity index (χ2v) is 6.62. The van der Waals surface area contributed by atoms with Crippen molar-refractivity contribution in [1.82, 2.24) is 19.3 Å². The van der Waals surface area contributed by atoms with Crippen LogP contribution >= 0.6 is 0 Å². The van der Waals surface area contributed by atoms with Crippen LogP contribution < -0.4 is 16.4 Å². The number of carbonyl (C=O) groups excluding carboxylic acids is 1. The Bertz CT molecular complexity index is 1170. The summed E-state index contributed by atoms with van der Waals surface area (Å²) in [4.78, 5) is 30.3. The summed E-state index contributed by atoms with van der Waals surface area (Å²) < 4.78 is 3.15. The van der Waals surface area contributed by atoms with Gasteiger partial charge in [-0.3, -0.25) is 19.4 Å². The van der Waals surface area contributed by atoms with Crippen LogP contribution in [0.25, 0.3) is 16.7 Å². The third-order valence-corrected chi connectivity index (χ3v) is 4.68. The molecule has 1 amide bonds. The molecule has 0 spiro atoms. The van der Waals surface area contributed by atoms with Crippen molar-refractivity contribution in [1.29, 1.82) is 5.41 Å². The Morgan fingerprint density at radius 3 is 2.85 bits per heavy atom. The second kappa shape index (κ2) is 7.19. The molecule has 0 aliphatic rings. The fourth-order valence-electron chi connectivity index (χ4n) is 3.05. The molecule has 1 atom stereocenters. The number of fused-ring (bicyclic) bond motifs is 2. The Morgan fingerprint density at radius 2 is 2.19 bits per heavy atom. The van der Waals surface area contributed by atoms with E-state index < -0.39 is 5.91 Å². The van der Waals surface area contributed by atoms with Crippen LogP contribution in [0, 0.1) is 12.3 Å². The van der Waals surface area contributed by atoms with Gasteiger partial charge in [-0.25, -0.2) is 4.98 Å². The molecule has 3 aromatic heterocycles. The normalized spacial score (nSPS) is 12.3. The number of aryl methyl sites for hydroxylation is 1. The third kappa shape index (κ3) is 3.16. The lowest BCUT2D eigenvalue weighted by Gasteiger charge is -2.19. The molecule has 0 aliphatic carbocycles. The average molecular weight is 365 g/mol. The van der Waals surface area contributed by atoms with Gasteiger partial charge in [-0.2, -0.15) is 0 Å². The Kier molecular flexibility index (Phi) is 4.94. The number of carbonyl (C=O) groups is 1. The highest BCUT2D eigenvalue weighted by atomic mass is 16.1. The topological polar surface area (TPSA) is 92.2 Å². The van der Waals surface area contributed by atoms with Gasteiger partial charge in [0.05, 0.1) is 10.9 Å². The second-order valence-electron chi connectivity index (χ2n) is 6.62. The molecule has 140 valence electrons. The van der Waals surface area contributed by atoms with E-state index >= 15 is 0 Å². The molecule has 0 saturated heterocycles. The highest BCUT2D eigenvalue weighted by Gasteiger charge is 2.19. The number of nitrogens with zero attached hydrogens (tertiary/aromatic N) is 3. The zero-order chi connectivity index (χ0) is 19.7. The molecule has 0 radical (unpaired) electrons. The van der Waals surface area contributed by atoms with E-state index in [1.165, 1.54) is 10.5 Å². The van der Waals surface area contributed by atoms with Crippen LogP contribution in [-0.2, 0) is 0 Å². The van der Waals surface area contributed by atoms with Crippen molar-refractivity contribution in [3.63, 3.8) is 0 Å². The maximum absolute atomic E-state index is 13.1. The Balaban J connectivity index is 2.45. The molecule has 3 aromatic rings. The first kappa shape index (κ1) is 18.6. The van der Waals surface area contributed by atoms with Gasteiger partial charge in [0.15, 0.2) is 0 Å². The minimum absolute atomic E-state index is 0.0433. The van der Waals surface area contributed by atoms with E-state index in [4.69, 9.17) is 5.41 Å². The molecular weight excluding hydrogens is 342 g/mol. The van der Waals surface area contributed by atoms with Gasteiger partial charge in [0.1, 0.15) is 16.8 Å². The van der Waals surface area contributed by atoms with Gasteiger partial charge < -0.3 is 9.88 Å². The van der Waals surface area contributed by atoms with E-state index in [1.54, 1.807) is 22.9 Å². The smallest absolute Gasteiger partial charge is 0.267 e. The van der Waals surface area contributed by atoms with E-state index in [2.05, 4.69) is 16.9 Å². The number of nitrogens with one attached hydrogen (secondary N) is 2. The van der Waals surface area contributed by atoms with E-state index in [1.807, 2.05) is 26.8 Å². The third-order valence-electron chi connectivity index (χ3n) is 4.68. The van der Waals surface area contributed by atoms with E-state index in [0.717, 1.165) is 12.0 Å². The zero-order valence-corrected chi connectivity index (χ0v) is 15.7. The Labute approximate surface area is 156 Å². The minimum Gasteiger partial charge on any atom is -0.348 e. The summed E-state index contributed by atoms with van der Waals surface area (Å²) in [6.45, 7) is 9.71. The van der Waals surface area contributed by atoms with Gasteiger partial charge in [-0.05, 0) is 38.0 Å². The molecule has 2 N–H and O–H groups in total. The summed E-state index contributed by atoms with van der Waals surface area (Å²) in [7, 11) is 0. The largest absolute Gasteiger partial charge is 0.348 e. The van der Waals surface area contributed by atoms with Gasteiger partial charge in [-0.1, -0.05) is 19.1 Å². The van der Waals surface area contributed by atoms with Crippen LogP contribution in [0.1, 0.15) is 42.2 Å². The van der Waals surface area contributed by atoms with Crippen molar-refractivity contribution in [3.05, 3.63) is 64.0 Å². The Hall–Kier alpha value is -3.22. The van der Waals surface area contributed by atoms with Crippen molar-refractivity contribution in [2.75, 3.05) is 6.54 Å². The fraction of sp³-hybridized carbons (Fsp3) is 0.300. The predicted molar refractivity (Wildman–Crippen MR) is 105 cm³/mol. The zero-order valence-electron chi connectivity index (χ0n) is 15.7. The summed E-state index contributed by atoms with van der Waals surface area (Å²) in [5.74, 6) is -0.410. The summed E-state index contributed by atoms with van der Waals surface area (Å²) in [5.41, 5.74) is 1.80. The molecule has 27 heavy (non-hydrogen) atoms. The van der Waals surface area contributed by atoms with Crippen LogP contribution in [0.4, 0.5) is 0 Å². The molecule has 0 aliphatic heterocycles. The lowest BCUT2D eigenvalue weighted by molar-refractivity contribution is 0.0955. The highest BCUT2D eigenvalue weighted by Crippen LogP contribution is 2.17. The van der Waals surface area contributed by atoms with Gasteiger partial charge >= 0.3 is 0 Å². The van der Waals surface area contributed by atoms with E-state index in [-0.39, 0.29) is 29.2 Å². The number of pyridine rings is 2. The summed E-state index contributed by atoms with van der Waals surface area (Å²) in [6, 6.07) is 5.05. The molecule has 7 heteroatoms. The number of hydrogen-bond acceptors (Lipinski definition) is 4. The summed E-state index contributed by atoms with van der Waals surface area (Å²) in [6.07, 6.45) is 4.03. The molecule has 7 nitrogen and oxygen atoms in total. The fourth-order valence-corrected chi connectivity index (χ4v) is 3.05. The molecule has 0 aromatic carbocycles. The molecule has 0 saturated carbocycles. The van der Waals surface area contributed by atoms with Gasteiger partial charge in [0, 0.05) is 18.8 Å². The lowest BCUT2D eigenvalue weighted by atomic mass is 10.1. The quantitative estimate of drug-likeness (QED) is 0.537. The SMILES string of the molecule is C=CCNC(=O)c1cc2c(=O)n3cc(C)ccc3nc2n([C@@H](C)CC)c1=N. The molecule has 0 bridgehead atoms. The first-order valence-corrected chi connectivity index (χ1v) is 8.91. The standard InChI is InChI=1S/C20H23N5O2/c1-5-9-22-19(26)14-10-15-18(25(17(14)21)13(4)6-2)23-16-8-7-12(3)11-24(16)20(15)27/h5,7-8,10-11,13,21H,1,6,9H2,2-4H3,(H,22,26)/t13-/m0/s1. The monoisotopic (exact) mass is 365 g/mol. The number of rotatable bonds is 5. The van der Waals surface area contributed by atoms with Crippen LogP contribution in [0.15, 0.2) is 41.8 Å². The van der Waals surface area contributed by atoms with Crippen molar-refractivity contribution in [2.24, 2.45) is 0 Å². The van der Waals surface area contributed by atoms with Crippen LogP contribution in [-0.4, -0.2) is 26.4 Å². The van der Waals surface area contributed by atoms with Crippen molar-refractivity contribution in [2.45, 2.75) is 33.2 Å². The first-order chi connectivity index (χ1) is 12.9. The number of hydrogen-bond donors (Lipinski definition) is 2. The maximum atomic E-state index is 13.1. The summed E-state index contributed by atoms with van der Waals surface area (Å²) >= 11 is 0. The molecule has 3 heterocycles. The van der Waals surface area contributed by atoms with Gasteiger partial charge in [0.25, 0.3) is 11.5 Å². The highest BCUT2D eigenvalue weighted by molar-refractivity contribution is 5.96.